The van der Waals surface area contributed by atoms with Crippen molar-refractivity contribution in [1.29, 1.82) is 0 Å². The molecule has 0 spiro atoms. The minimum absolute atomic E-state index is 0.0807. The summed E-state index contributed by atoms with van der Waals surface area (Å²) in [7, 11) is 1.90. The Kier molecular flexibility index (Phi) is 11.3. The molecule has 5 rings (SSSR count). The summed E-state index contributed by atoms with van der Waals surface area (Å²) >= 11 is 6.14. The first-order valence-corrected chi connectivity index (χ1v) is 16.5. The van der Waals surface area contributed by atoms with Gasteiger partial charge < -0.3 is 15.1 Å². The van der Waals surface area contributed by atoms with Crippen molar-refractivity contribution in [2.75, 3.05) is 52.9 Å². The molecular formula is C36H45ClFN5O2. The monoisotopic (exact) mass is 633 g/mol. The van der Waals surface area contributed by atoms with E-state index in [0.717, 1.165) is 49.4 Å². The van der Waals surface area contributed by atoms with Crippen LogP contribution in [0.3, 0.4) is 0 Å². The minimum Gasteiger partial charge on any atom is -0.343 e. The van der Waals surface area contributed by atoms with E-state index in [0.29, 0.717) is 37.5 Å². The Hall–Kier alpha value is -3.30. The van der Waals surface area contributed by atoms with Crippen molar-refractivity contribution < 1.29 is 14.0 Å². The molecule has 0 bridgehead atoms. The first kappa shape index (κ1) is 33.1. The minimum atomic E-state index is -0.729. The van der Waals surface area contributed by atoms with Crippen LogP contribution in [-0.2, 0) is 29.0 Å². The van der Waals surface area contributed by atoms with Crippen LogP contribution in [0.15, 0.2) is 72.8 Å². The van der Waals surface area contributed by atoms with E-state index >= 15 is 0 Å². The molecule has 0 saturated carbocycles. The van der Waals surface area contributed by atoms with Gasteiger partial charge in [-0.1, -0.05) is 74.0 Å². The van der Waals surface area contributed by atoms with Crippen LogP contribution in [0.4, 0.5) is 4.39 Å². The summed E-state index contributed by atoms with van der Waals surface area (Å²) in [5.74, 6) is -0.608. The van der Waals surface area contributed by atoms with Crippen LogP contribution in [0.2, 0.25) is 5.02 Å². The van der Waals surface area contributed by atoms with Crippen LogP contribution in [0.1, 0.15) is 42.1 Å². The zero-order valence-electron chi connectivity index (χ0n) is 26.6. The smallest absolute Gasteiger partial charge is 0.245 e. The normalized spacial score (nSPS) is 18.8. The number of carbonyl (C=O) groups excluding carboxylic acids is 2. The Bertz CT molecular complexity index is 1430. The van der Waals surface area contributed by atoms with Crippen LogP contribution in [0.25, 0.3) is 0 Å². The van der Waals surface area contributed by atoms with Crippen molar-refractivity contribution in [3.05, 3.63) is 106 Å². The topological polar surface area (TPSA) is 59.1 Å². The van der Waals surface area contributed by atoms with Crippen molar-refractivity contribution >= 4 is 23.4 Å². The molecule has 240 valence electrons. The second-order valence-electron chi connectivity index (χ2n) is 12.2. The fraction of sp³-hybridized carbons (Fsp3) is 0.444. The first-order chi connectivity index (χ1) is 21.7. The van der Waals surface area contributed by atoms with E-state index in [-0.39, 0.29) is 23.7 Å². The molecule has 0 aromatic heterocycles. The molecule has 2 unspecified atom stereocenters. The van der Waals surface area contributed by atoms with Gasteiger partial charge in [-0.25, -0.2) is 4.39 Å². The lowest BCUT2D eigenvalue weighted by Crippen LogP contribution is -2.59. The number of hydrogen-bond acceptors (Lipinski definition) is 5. The number of hydrogen-bond donors (Lipinski definition) is 1. The molecule has 7 nitrogen and oxygen atoms in total. The predicted molar refractivity (Wildman–Crippen MR) is 178 cm³/mol. The van der Waals surface area contributed by atoms with E-state index in [9.17, 15) is 14.0 Å². The lowest BCUT2D eigenvalue weighted by atomic mass is 9.93. The summed E-state index contributed by atoms with van der Waals surface area (Å²) in [6.07, 6.45) is 0.752. The number of likely N-dealkylation sites (N-methyl/N-ethyl adjacent to an activating group) is 2. The van der Waals surface area contributed by atoms with E-state index < -0.39 is 12.1 Å². The van der Waals surface area contributed by atoms with Crippen molar-refractivity contribution in [1.82, 2.24) is 24.9 Å². The largest absolute Gasteiger partial charge is 0.343 e. The number of rotatable bonds is 11. The molecule has 0 aliphatic carbocycles. The van der Waals surface area contributed by atoms with Gasteiger partial charge in [0.1, 0.15) is 11.9 Å². The van der Waals surface area contributed by atoms with Crippen LogP contribution in [0.5, 0.6) is 0 Å². The SMILES string of the molecule is CCN(CC)CC(c1ccccc1)N1CCN(C(=O)[C@@H](Cc2ccc(Cl)cc2)NC(=O)C2Cc3cc(F)ccc3CN2C)CC1. The van der Waals surface area contributed by atoms with Crippen LogP contribution < -0.4 is 5.32 Å². The van der Waals surface area contributed by atoms with Gasteiger partial charge in [0.15, 0.2) is 0 Å². The number of piperazine rings is 1. The molecule has 2 amide bonds. The molecule has 45 heavy (non-hydrogen) atoms. The van der Waals surface area contributed by atoms with E-state index in [4.69, 9.17) is 11.6 Å². The lowest BCUT2D eigenvalue weighted by Gasteiger charge is -2.42. The number of nitrogens with zero attached hydrogens (tertiary/aromatic N) is 4. The third-order valence-electron chi connectivity index (χ3n) is 9.38. The lowest BCUT2D eigenvalue weighted by molar-refractivity contribution is -0.139. The summed E-state index contributed by atoms with van der Waals surface area (Å²) < 4.78 is 14.0. The van der Waals surface area contributed by atoms with E-state index in [2.05, 4.69) is 53.2 Å². The van der Waals surface area contributed by atoms with Gasteiger partial charge in [-0.3, -0.25) is 19.4 Å². The molecule has 2 heterocycles. The second kappa shape index (κ2) is 15.3. The Balaban J connectivity index is 1.30. The third-order valence-corrected chi connectivity index (χ3v) is 9.63. The van der Waals surface area contributed by atoms with Gasteiger partial charge in [-0.2, -0.15) is 0 Å². The Morgan fingerprint density at radius 1 is 0.956 bits per heavy atom. The molecule has 0 radical (unpaired) electrons. The maximum absolute atomic E-state index is 14.1. The quantitative estimate of drug-likeness (QED) is 0.329. The Labute approximate surface area is 271 Å². The van der Waals surface area contributed by atoms with Gasteiger partial charge in [-0.05, 0) is 73.1 Å². The molecule has 1 fully saturated rings. The van der Waals surface area contributed by atoms with Crippen molar-refractivity contribution in [3.63, 3.8) is 0 Å². The molecular weight excluding hydrogens is 589 g/mol. The van der Waals surface area contributed by atoms with Crippen molar-refractivity contribution in [2.45, 2.75) is 51.4 Å². The zero-order valence-corrected chi connectivity index (χ0v) is 27.3. The molecule has 9 heteroatoms. The summed E-state index contributed by atoms with van der Waals surface area (Å²) in [5, 5.41) is 3.72. The average Bonchev–Trinajstić information content (AvgIpc) is 3.06. The maximum atomic E-state index is 14.1. The first-order valence-electron chi connectivity index (χ1n) is 16.1. The highest BCUT2D eigenvalue weighted by Crippen LogP contribution is 2.26. The Morgan fingerprint density at radius 2 is 1.64 bits per heavy atom. The van der Waals surface area contributed by atoms with E-state index in [1.165, 1.54) is 17.7 Å². The van der Waals surface area contributed by atoms with Crippen LogP contribution in [0, 0.1) is 5.82 Å². The summed E-state index contributed by atoms with van der Waals surface area (Å²) in [4.78, 5) is 36.7. The van der Waals surface area contributed by atoms with E-state index in [1.807, 2.05) is 35.0 Å². The van der Waals surface area contributed by atoms with Gasteiger partial charge in [0.05, 0.1) is 6.04 Å². The number of amides is 2. The van der Waals surface area contributed by atoms with Gasteiger partial charge in [0, 0.05) is 56.8 Å². The number of carbonyl (C=O) groups is 2. The van der Waals surface area contributed by atoms with E-state index in [1.54, 1.807) is 18.2 Å². The molecule has 3 aromatic carbocycles. The predicted octanol–water partition coefficient (Wildman–Crippen LogP) is 4.79. The number of halogens is 2. The second-order valence-corrected chi connectivity index (χ2v) is 12.6. The summed E-state index contributed by atoms with van der Waals surface area (Å²) in [6.45, 7) is 10.5. The zero-order chi connectivity index (χ0) is 31.9. The summed E-state index contributed by atoms with van der Waals surface area (Å²) in [5.41, 5.74) is 4.06. The molecule has 2 aliphatic heterocycles. The van der Waals surface area contributed by atoms with Crippen LogP contribution in [-0.4, -0.2) is 96.4 Å². The average molecular weight is 634 g/mol. The number of nitrogens with one attached hydrogen (secondary N) is 1. The molecule has 3 atom stereocenters. The standard InChI is InChI=1S/C36H45ClFN5O2/c1-4-41(5-2)25-34(27-9-7-6-8-10-27)42-17-19-43(20-18-42)36(45)32(21-26-11-14-30(37)15-12-26)39-35(44)33-23-29-22-31(38)16-13-28(29)24-40(33)3/h6-16,22,32-34H,4-5,17-21,23-25H2,1-3H3,(H,39,44)/t32-,33?,34?/m1/s1. The number of benzene rings is 3. The molecule has 1 saturated heterocycles. The highest BCUT2D eigenvalue weighted by atomic mass is 35.5. The molecule has 3 aromatic rings. The maximum Gasteiger partial charge on any atom is 0.245 e. The van der Waals surface area contributed by atoms with Crippen molar-refractivity contribution in [3.8, 4) is 0 Å². The van der Waals surface area contributed by atoms with Gasteiger partial charge in [0.25, 0.3) is 0 Å². The molecule has 2 aliphatic rings. The van der Waals surface area contributed by atoms with Gasteiger partial charge in [-0.15, -0.1) is 0 Å². The molecule has 1 N–H and O–H groups in total. The van der Waals surface area contributed by atoms with Crippen LogP contribution >= 0.6 is 11.6 Å². The van der Waals surface area contributed by atoms with Gasteiger partial charge in [0.2, 0.25) is 11.8 Å². The fourth-order valence-corrected chi connectivity index (χ4v) is 6.73. The number of fused-ring (bicyclic) bond motifs is 1. The summed E-state index contributed by atoms with van der Waals surface area (Å²) in [6, 6.07) is 21.8. The highest BCUT2D eigenvalue weighted by molar-refractivity contribution is 6.30. The fourth-order valence-electron chi connectivity index (χ4n) is 6.61. The van der Waals surface area contributed by atoms with Crippen molar-refractivity contribution in [2.24, 2.45) is 0 Å². The third kappa shape index (κ3) is 8.30. The Morgan fingerprint density at radius 3 is 2.31 bits per heavy atom. The van der Waals surface area contributed by atoms with Gasteiger partial charge >= 0.3 is 0 Å². The highest BCUT2D eigenvalue weighted by Gasteiger charge is 2.35.